The monoisotopic (exact) mass is 667 g/mol. The number of rotatable bonds is 5. The first-order valence-electron chi connectivity index (χ1n) is 17.5. The fraction of sp³-hybridized carbons (Fsp3) is 0. The molecule has 3 heterocycles. The van der Waals surface area contributed by atoms with Gasteiger partial charge < -0.3 is 18.2 Å². The minimum atomic E-state index is 0.817. The highest BCUT2D eigenvalue weighted by atomic mass is 16.3. The van der Waals surface area contributed by atoms with Crippen molar-refractivity contribution in [2.45, 2.75) is 0 Å². The maximum atomic E-state index is 6.94. The van der Waals surface area contributed by atoms with Crippen LogP contribution < -0.4 is 4.90 Å². The topological polar surface area (TPSA) is 42.7 Å². The van der Waals surface area contributed by atoms with Crippen molar-refractivity contribution < 1.29 is 13.3 Å². The molecule has 11 rings (SSSR count). The van der Waals surface area contributed by atoms with Gasteiger partial charge in [-0.25, -0.2) is 0 Å². The predicted octanol–water partition coefficient (Wildman–Crippen LogP) is 14.2. The summed E-state index contributed by atoms with van der Waals surface area (Å²) in [5.74, 6) is 0. The van der Waals surface area contributed by atoms with Crippen LogP contribution in [-0.2, 0) is 0 Å². The molecule has 0 fully saturated rings. The Balaban J connectivity index is 1.18. The van der Waals surface area contributed by atoms with Crippen LogP contribution in [0.4, 0.5) is 17.1 Å². The number of hydrogen-bond donors (Lipinski definition) is 0. The molecule has 0 amide bonds. The van der Waals surface area contributed by atoms with Crippen LogP contribution in [0, 0.1) is 0 Å². The van der Waals surface area contributed by atoms with E-state index in [0.717, 1.165) is 105 Å². The van der Waals surface area contributed by atoms with Gasteiger partial charge in [0.25, 0.3) is 0 Å². The number of furan rings is 3. The van der Waals surface area contributed by atoms with Crippen LogP contribution in [0.1, 0.15) is 0 Å². The molecule has 4 heteroatoms. The molecule has 0 aliphatic rings. The quantitative estimate of drug-likeness (QED) is 0.183. The van der Waals surface area contributed by atoms with Gasteiger partial charge in [0.15, 0.2) is 0 Å². The normalized spacial score (nSPS) is 11.8. The first kappa shape index (κ1) is 28.8. The molecule has 244 valence electrons. The molecule has 3 aromatic heterocycles. The molecule has 52 heavy (non-hydrogen) atoms. The van der Waals surface area contributed by atoms with E-state index in [0.29, 0.717) is 0 Å². The average Bonchev–Trinajstić information content (AvgIpc) is 3.90. The lowest BCUT2D eigenvalue weighted by molar-refractivity contribution is 0.662. The van der Waals surface area contributed by atoms with E-state index in [9.17, 15) is 0 Å². The summed E-state index contributed by atoms with van der Waals surface area (Å²) in [6.45, 7) is 0. The highest BCUT2D eigenvalue weighted by Gasteiger charge is 2.24. The molecule has 0 aliphatic heterocycles. The second-order valence-corrected chi connectivity index (χ2v) is 13.2. The van der Waals surface area contributed by atoms with E-state index in [-0.39, 0.29) is 0 Å². The molecule has 0 saturated carbocycles. The molecule has 0 unspecified atom stereocenters. The first-order valence-corrected chi connectivity index (χ1v) is 17.5. The molecule has 0 aliphatic carbocycles. The summed E-state index contributed by atoms with van der Waals surface area (Å²) in [5.41, 5.74) is 12.4. The lowest BCUT2D eigenvalue weighted by atomic mass is 9.91. The van der Waals surface area contributed by atoms with E-state index in [2.05, 4.69) is 132 Å². The Bertz CT molecular complexity index is 3070. The Morgan fingerprint density at radius 1 is 0.308 bits per heavy atom. The maximum Gasteiger partial charge on any atom is 0.144 e. The molecule has 0 saturated heterocycles. The van der Waals surface area contributed by atoms with E-state index in [4.69, 9.17) is 13.3 Å². The summed E-state index contributed by atoms with van der Waals surface area (Å²) in [6, 6.07) is 61.1. The van der Waals surface area contributed by atoms with Crippen molar-refractivity contribution in [3.8, 4) is 22.3 Å². The molecule has 0 spiro atoms. The molecular weight excluding hydrogens is 639 g/mol. The Labute approximate surface area is 298 Å². The third kappa shape index (κ3) is 4.28. The summed E-state index contributed by atoms with van der Waals surface area (Å²) in [6.07, 6.45) is 0. The fourth-order valence-corrected chi connectivity index (χ4v) is 7.99. The van der Waals surface area contributed by atoms with Gasteiger partial charge >= 0.3 is 0 Å². The van der Waals surface area contributed by atoms with Crippen LogP contribution in [0.25, 0.3) is 88.1 Å². The van der Waals surface area contributed by atoms with Gasteiger partial charge in [-0.3, -0.25) is 0 Å². The fourth-order valence-electron chi connectivity index (χ4n) is 7.99. The Kier molecular flexibility index (Phi) is 6.22. The van der Waals surface area contributed by atoms with Gasteiger partial charge in [0, 0.05) is 60.5 Å². The zero-order valence-corrected chi connectivity index (χ0v) is 27.9. The molecule has 8 aromatic carbocycles. The van der Waals surface area contributed by atoms with Crippen molar-refractivity contribution in [3.05, 3.63) is 176 Å². The van der Waals surface area contributed by atoms with Crippen molar-refractivity contribution in [1.29, 1.82) is 0 Å². The first-order chi connectivity index (χ1) is 25.8. The van der Waals surface area contributed by atoms with E-state index in [1.165, 1.54) is 0 Å². The summed E-state index contributed by atoms with van der Waals surface area (Å²) >= 11 is 0. The molecular formula is C48H29NO3. The molecule has 4 nitrogen and oxygen atoms in total. The summed E-state index contributed by atoms with van der Waals surface area (Å²) in [4.78, 5) is 2.28. The van der Waals surface area contributed by atoms with Crippen LogP contribution in [0.2, 0.25) is 0 Å². The van der Waals surface area contributed by atoms with E-state index < -0.39 is 0 Å². The highest BCUT2D eigenvalue weighted by molar-refractivity contribution is 6.28. The van der Waals surface area contributed by atoms with Crippen molar-refractivity contribution in [1.82, 2.24) is 0 Å². The number of fused-ring (bicyclic) bond motifs is 10. The molecule has 0 atom stereocenters. The summed E-state index contributed by atoms with van der Waals surface area (Å²) in [7, 11) is 0. The van der Waals surface area contributed by atoms with E-state index in [1.807, 2.05) is 48.5 Å². The van der Waals surface area contributed by atoms with E-state index in [1.54, 1.807) is 0 Å². The largest absolute Gasteiger partial charge is 0.456 e. The minimum Gasteiger partial charge on any atom is -0.456 e. The van der Waals surface area contributed by atoms with Gasteiger partial charge in [0.05, 0.1) is 0 Å². The van der Waals surface area contributed by atoms with Gasteiger partial charge in [-0.05, 0) is 77.9 Å². The number of para-hydroxylation sites is 5. The third-order valence-corrected chi connectivity index (χ3v) is 10.3. The molecule has 11 aromatic rings. The van der Waals surface area contributed by atoms with Crippen LogP contribution >= 0.6 is 0 Å². The summed E-state index contributed by atoms with van der Waals surface area (Å²) < 4.78 is 19.9. The summed E-state index contributed by atoms with van der Waals surface area (Å²) in [5, 5.41) is 6.41. The Morgan fingerprint density at radius 2 is 0.865 bits per heavy atom. The van der Waals surface area contributed by atoms with Crippen LogP contribution in [0.5, 0.6) is 0 Å². The van der Waals surface area contributed by atoms with Crippen molar-refractivity contribution >= 4 is 82.9 Å². The zero-order chi connectivity index (χ0) is 34.2. The van der Waals surface area contributed by atoms with Gasteiger partial charge in [0.1, 0.15) is 33.5 Å². The van der Waals surface area contributed by atoms with Crippen LogP contribution in [0.3, 0.4) is 0 Å². The zero-order valence-electron chi connectivity index (χ0n) is 27.9. The predicted molar refractivity (Wildman–Crippen MR) is 214 cm³/mol. The van der Waals surface area contributed by atoms with Crippen LogP contribution in [0.15, 0.2) is 189 Å². The van der Waals surface area contributed by atoms with Crippen LogP contribution in [-0.4, -0.2) is 0 Å². The lowest BCUT2D eigenvalue weighted by Gasteiger charge is -2.25. The number of anilines is 3. The number of hydrogen-bond acceptors (Lipinski definition) is 4. The molecule has 0 N–H and O–H groups in total. The van der Waals surface area contributed by atoms with Crippen molar-refractivity contribution in [2.24, 2.45) is 0 Å². The molecule has 0 bridgehead atoms. The van der Waals surface area contributed by atoms with Gasteiger partial charge in [0.2, 0.25) is 0 Å². The van der Waals surface area contributed by atoms with Gasteiger partial charge in [-0.2, -0.15) is 0 Å². The smallest absolute Gasteiger partial charge is 0.144 e. The highest BCUT2D eigenvalue weighted by Crippen LogP contribution is 2.48. The lowest BCUT2D eigenvalue weighted by Crippen LogP contribution is -2.09. The second-order valence-electron chi connectivity index (χ2n) is 13.2. The van der Waals surface area contributed by atoms with Crippen molar-refractivity contribution in [3.63, 3.8) is 0 Å². The standard InChI is InChI=1S/C48H29NO3/c1-3-12-31(13-4-1)49(32-14-5-2-6-15-32)33-24-22-30(23-25-33)34-26-27-39-46-43(29-28-42-45(46)37-17-8-10-21-41(37)50-42)52-48(39)44(34)38-19-11-18-36-35-16-7-9-20-40(35)51-47(36)38/h1-29H. The van der Waals surface area contributed by atoms with Gasteiger partial charge in [-0.1, -0.05) is 109 Å². The number of benzene rings is 8. The van der Waals surface area contributed by atoms with Crippen molar-refractivity contribution in [2.75, 3.05) is 4.90 Å². The maximum absolute atomic E-state index is 6.94. The van der Waals surface area contributed by atoms with E-state index >= 15 is 0 Å². The Morgan fingerprint density at radius 3 is 1.60 bits per heavy atom. The third-order valence-electron chi connectivity index (χ3n) is 10.3. The SMILES string of the molecule is c1ccc(N(c2ccccc2)c2ccc(-c3ccc4c(oc5ccc6oc7ccccc7c6c54)c3-c3cccc4c3oc3ccccc34)cc2)cc1. The molecule has 0 radical (unpaired) electrons. The number of nitrogens with zero attached hydrogens (tertiary/aromatic N) is 1. The second kappa shape index (κ2) is 11.2. The average molecular weight is 668 g/mol. The van der Waals surface area contributed by atoms with Gasteiger partial charge in [-0.15, -0.1) is 0 Å². The Hall–Kier alpha value is -7.04. The minimum absolute atomic E-state index is 0.817.